The average Bonchev–Trinajstić information content (AvgIpc) is 2.77. The van der Waals surface area contributed by atoms with Crippen LogP contribution in [-0.4, -0.2) is 11.5 Å². The summed E-state index contributed by atoms with van der Waals surface area (Å²) in [5.74, 6) is 0.689. The minimum absolute atomic E-state index is 0.214. The molecule has 0 radical (unpaired) electrons. The lowest BCUT2D eigenvalue weighted by Gasteiger charge is -2.30. The number of aryl methyl sites for hydroxylation is 1. The lowest BCUT2D eigenvalue weighted by atomic mass is 9.82. The van der Waals surface area contributed by atoms with Gasteiger partial charge in [-0.05, 0) is 24.8 Å². The Morgan fingerprint density at radius 1 is 1.47 bits per heavy atom. The molecule has 0 unspecified atom stereocenters. The first kappa shape index (κ1) is 10.3. The van der Waals surface area contributed by atoms with Gasteiger partial charge in [-0.3, -0.25) is 10.1 Å². The largest absolute Gasteiger partial charge is 0.384 e. The SMILES string of the molecule is Cc1ccc([N+](=O)[O-])c2c1NC[C@H]1CC=C[C@@H]21. The van der Waals surface area contributed by atoms with Gasteiger partial charge < -0.3 is 5.32 Å². The van der Waals surface area contributed by atoms with E-state index in [2.05, 4.69) is 17.5 Å². The Morgan fingerprint density at radius 2 is 2.29 bits per heavy atom. The standard InChI is InChI=1S/C13H14N2O2/c1-8-5-6-11(15(16)17)12-10-4-2-3-9(10)7-14-13(8)12/h2,4-6,9-10,14H,3,7H2,1H3/t9-,10-/m1/s1. The molecule has 0 amide bonds. The number of hydrogen-bond donors (Lipinski definition) is 1. The molecule has 17 heavy (non-hydrogen) atoms. The van der Waals surface area contributed by atoms with Crippen molar-refractivity contribution in [1.29, 1.82) is 0 Å². The van der Waals surface area contributed by atoms with Crippen molar-refractivity contribution >= 4 is 11.4 Å². The molecule has 4 heteroatoms. The summed E-state index contributed by atoms with van der Waals surface area (Å²) < 4.78 is 0. The molecule has 1 heterocycles. The monoisotopic (exact) mass is 230 g/mol. The molecule has 0 bridgehead atoms. The van der Waals surface area contributed by atoms with E-state index in [1.807, 2.05) is 13.0 Å². The molecule has 1 aliphatic carbocycles. The van der Waals surface area contributed by atoms with Gasteiger partial charge in [-0.25, -0.2) is 0 Å². The van der Waals surface area contributed by atoms with Gasteiger partial charge in [-0.1, -0.05) is 18.2 Å². The number of nitrogens with zero attached hydrogens (tertiary/aromatic N) is 1. The summed E-state index contributed by atoms with van der Waals surface area (Å²) in [4.78, 5) is 10.9. The van der Waals surface area contributed by atoms with E-state index >= 15 is 0 Å². The molecule has 1 aromatic rings. The fourth-order valence-corrected chi connectivity index (χ4v) is 2.93. The average molecular weight is 230 g/mol. The predicted molar refractivity (Wildman–Crippen MR) is 66.3 cm³/mol. The third-order valence-corrected chi connectivity index (χ3v) is 3.79. The molecule has 2 atom stereocenters. The molecule has 0 fully saturated rings. The number of rotatable bonds is 1. The van der Waals surface area contributed by atoms with Crippen LogP contribution in [0.5, 0.6) is 0 Å². The van der Waals surface area contributed by atoms with Crippen molar-refractivity contribution in [2.45, 2.75) is 19.3 Å². The van der Waals surface area contributed by atoms with Crippen LogP contribution in [-0.2, 0) is 0 Å². The van der Waals surface area contributed by atoms with E-state index in [1.165, 1.54) is 0 Å². The van der Waals surface area contributed by atoms with E-state index in [1.54, 1.807) is 6.07 Å². The van der Waals surface area contributed by atoms with Gasteiger partial charge in [0.15, 0.2) is 0 Å². The van der Waals surface area contributed by atoms with Crippen molar-refractivity contribution in [3.05, 3.63) is 45.5 Å². The number of anilines is 1. The van der Waals surface area contributed by atoms with Crippen LogP contribution in [0.15, 0.2) is 24.3 Å². The van der Waals surface area contributed by atoms with Crippen LogP contribution in [0.1, 0.15) is 23.5 Å². The zero-order valence-corrected chi connectivity index (χ0v) is 9.64. The first-order valence-corrected chi connectivity index (χ1v) is 5.87. The number of nitrogens with one attached hydrogen (secondary N) is 1. The van der Waals surface area contributed by atoms with Gasteiger partial charge in [-0.2, -0.15) is 0 Å². The van der Waals surface area contributed by atoms with Crippen LogP contribution < -0.4 is 5.32 Å². The molecule has 4 nitrogen and oxygen atoms in total. The maximum Gasteiger partial charge on any atom is 0.275 e. The Kier molecular flexibility index (Phi) is 2.18. The summed E-state index contributed by atoms with van der Waals surface area (Å²) in [5.41, 5.74) is 3.18. The fourth-order valence-electron chi connectivity index (χ4n) is 2.93. The number of fused-ring (bicyclic) bond motifs is 3. The van der Waals surface area contributed by atoms with Gasteiger partial charge in [0.25, 0.3) is 5.69 Å². The molecule has 0 spiro atoms. The molecule has 0 saturated heterocycles. The number of allylic oxidation sites excluding steroid dienone is 2. The Bertz CT molecular complexity index is 522. The van der Waals surface area contributed by atoms with Crippen molar-refractivity contribution in [3.8, 4) is 0 Å². The highest BCUT2D eigenvalue weighted by Gasteiger charge is 2.36. The minimum atomic E-state index is -0.269. The molecular formula is C13H14N2O2. The van der Waals surface area contributed by atoms with Crippen LogP contribution in [0.25, 0.3) is 0 Å². The van der Waals surface area contributed by atoms with Crippen molar-refractivity contribution in [2.75, 3.05) is 11.9 Å². The van der Waals surface area contributed by atoms with Crippen molar-refractivity contribution in [1.82, 2.24) is 0 Å². The predicted octanol–water partition coefficient (Wildman–Crippen LogP) is 2.99. The topological polar surface area (TPSA) is 55.2 Å². The maximum absolute atomic E-state index is 11.1. The summed E-state index contributed by atoms with van der Waals surface area (Å²) in [6, 6.07) is 3.45. The van der Waals surface area contributed by atoms with Crippen LogP contribution in [0.4, 0.5) is 11.4 Å². The van der Waals surface area contributed by atoms with Gasteiger partial charge >= 0.3 is 0 Å². The second-order valence-corrected chi connectivity index (χ2v) is 4.78. The van der Waals surface area contributed by atoms with Crippen LogP contribution >= 0.6 is 0 Å². The molecule has 1 aromatic carbocycles. The first-order chi connectivity index (χ1) is 8.18. The van der Waals surface area contributed by atoms with Crippen molar-refractivity contribution < 1.29 is 4.92 Å². The molecule has 88 valence electrons. The van der Waals surface area contributed by atoms with Gasteiger partial charge in [0, 0.05) is 24.2 Å². The smallest absolute Gasteiger partial charge is 0.275 e. The second-order valence-electron chi connectivity index (χ2n) is 4.78. The van der Waals surface area contributed by atoms with Crippen LogP contribution in [0.3, 0.4) is 0 Å². The molecule has 1 N–H and O–H groups in total. The summed E-state index contributed by atoms with van der Waals surface area (Å²) in [6.45, 7) is 2.90. The quantitative estimate of drug-likeness (QED) is 0.458. The van der Waals surface area contributed by atoms with Crippen molar-refractivity contribution in [3.63, 3.8) is 0 Å². The zero-order chi connectivity index (χ0) is 12.0. The molecule has 1 aliphatic heterocycles. The van der Waals surface area contributed by atoms with Crippen molar-refractivity contribution in [2.24, 2.45) is 5.92 Å². The summed E-state index contributed by atoms with van der Waals surface area (Å²) in [7, 11) is 0. The minimum Gasteiger partial charge on any atom is -0.384 e. The molecule has 0 saturated carbocycles. The van der Waals surface area contributed by atoms with E-state index in [9.17, 15) is 10.1 Å². The molecule has 2 aliphatic rings. The van der Waals surface area contributed by atoms with Crippen LogP contribution in [0.2, 0.25) is 0 Å². The molecule has 0 aromatic heterocycles. The van der Waals surface area contributed by atoms with E-state index in [4.69, 9.17) is 0 Å². The van der Waals surface area contributed by atoms with E-state index in [0.29, 0.717) is 5.92 Å². The third kappa shape index (κ3) is 1.44. The highest BCUT2D eigenvalue weighted by molar-refractivity contribution is 5.69. The second kappa shape index (κ2) is 3.58. The summed E-state index contributed by atoms with van der Waals surface area (Å²) in [6.07, 6.45) is 5.27. The molecular weight excluding hydrogens is 216 g/mol. The first-order valence-electron chi connectivity index (χ1n) is 5.87. The lowest BCUT2D eigenvalue weighted by molar-refractivity contribution is -0.385. The Morgan fingerprint density at radius 3 is 3.06 bits per heavy atom. The number of nitro groups is 1. The fraction of sp³-hybridized carbons (Fsp3) is 0.385. The Hall–Kier alpha value is -1.84. The highest BCUT2D eigenvalue weighted by Crippen LogP contribution is 2.46. The number of nitro benzene ring substituents is 1. The highest BCUT2D eigenvalue weighted by atomic mass is 16.6. The lowest BCUT2D eigenvalue weighted by Crippen LogP contribution is -2.25. The summed E-state index contributed by atoms with van der Waals surface area (Å²) >= 11 is 0. The van der Waals surface area contributed by atoms with E-state index < -0.39 is 0 Å². The van der Waals surface area contributed by atoms with E-state index in [-0.39, 0.29) is 16.5 Å². The normalized spacial score (nSPS) is 25.0. The maximum atomic E-state index is 11.1. The van der Waals surface area contributed by atoms with Crippen LogP contribution in [0, 0.1) is 23.0 Å². The number of benzene rings is 1. The number of hydrogen-bond acceptors (Lipinski definition) is 3. The zero-order valence-electron chi connectivity index (χ0n) is 9.64. The van der Waals surface area contributed by atoms with Gasteiger partial charge in [-0.15, -0.1) is 0 Å². The van der Waals surface area contributed by atoms with E-state index in [0.717, 1.165) is 29.8 Å². The van der Waals surface area contributed by atoms with Gasteiger partial charge in [0.05, 0.1) is 10.5 Å². The molecule has 3 rings (SSSR count). The van der Waals surface area contributed by atoms with Gasteiger partial charge in [0.2, 0.25) is 0 Å². The Labute approximate surface area is 99.5 Å². The Balaban J connectivity index is 2.23. The third-order valence-electron chi connectivity index (χ3n) is 3.79. The summed E-state index contributed by atoms with van der Waals surface area (Å²) in [5, 5.41) is 14.5. The van der Waals surface area contributed by atoms with Gasteiger partial charge in [0.1, 0.15) is 0 Å².